The van der Waals surface area contributed by atoms with Crippen LogP contribution < -0.4 is 0 Å². The van der Waals surface area contributed by atoms with Gasteiger partial charge < -0.3 is 10.2 Å². The third kappa shape index (κ3) is 2.74. The van der Waals surface area contributed by atoms with E-state index in [-0.39, 0.29) is 0 Å². The van der Waals surface area contributed by atoms with E-state index in [0.29, 0.717) is 0 Å². The lowest BCUT2D eigenvalue weighted by atomic mass is 10.2. The van der Waals surface area contributed by atoms with Gasteiger partial charge in [0.15, 0.2) is 16.3 Å². The lowest BCUT2D eigenvalue weighted by Gasteiger charge is -2.06. The average Bonchev–Trinajstić information content (AvgIpc) is 2.00. The highest BCUT2D eigenvalue weighted by Gasteiger charge is 2.31. The highest BCUT2D eigenvalue weighted by molar-refractivity contribution is 7.84. The first kappa shape index (κ1) is 11.3. The molecule has 0 aromatic heterocycles. The maximum Gasteiger partial charge on any atom is 0.324 e. The molecule has 2 unspecified atom stereocenters. The minimum atomic E-state index is -1.64. The highest BCUT2D eigenvalue weighted by Crippen LogP contribution is 2.06. The molecule has 0 amide bonds. The van der Waals surface area contributed by atoms with Crippen molar-refractivity contribution in [2.45, 2.75) is 10.5 Å². The van der Waals surface area contributed by atoms with Gasteiger partial charge in [0.05, 0.1) is 0 Å². The number of rotatable bonds is 4. The van der Waals surface area contributed by atoms with Gasteiger partial charge in [0.25, 0.3) is 0 Å². The Hall–Kier alpha value is -0.690. The topological polar surface area (TPSA) is 91.7 Å². The minimum absolute atomic E-state index is 1.05. The zero-order valence-corrected chi connectivity index (χ0v) is 7.46. The van der Waals surface area contributed by atoms with E-state index in [1.165, 1.54) is 0 Å². The van der Waals surface area contributed by atoms with Crippen LogP contribution in [0.15, 0.2) is 0 Å². The molecular weight excluding hydrogens is 204 g/mol. The summed E-state index contributed by atoms with van der Waals surface area (Å²) in [7, 11) is 0. The number of carbonyl (C=O) groups excluding carboxylic acids is 1. The lowest BCUT2D eigenvalue weighted by Crippen LogP contribution is -2.35. The molecule has 0 aliphatic rings. The molecule has 0 bridgehead atoms. The van der Waals surface area contributed by atoms with E-state index in [2.05, 4.69) is 25.3 Å². The molecule has 7 heteroatoms. The van der Waals surface area contributed by atoms with Crippen LogP contribution in [-0.4, -0.2) is 38.4 Å². The summed E-state index contributed by atoms with van der Waals surface area (Å²) in [5, 5.41) is 13.2. The van der Waals surface area contributed by atoms with Crippen molar-refractivity contribution in [2.75, 3.05) is 0 Å². The van der Waals surface area contributed by atoms with Crippen LogP contribution in [0.1, 0.15) is 0 Å². The van der Waals surface area contributed by atoms with Gasteiger partial charge in [0.1, 0.15) is 0 Å². The van der Waals surface area contributed by atoms with Crippen LogP contribution in [0.4, 0.5) is 0 Å². The van der Waals surface area contributed by atoms with Crippen LogP contribution in [-0.2, 0) is 14.4 Å². The molecule has 2 atom stereocenters. The number of aliphatic carboxylic acids is 2. The molecule has 0 aliphatic carbocycles. The smallest absolute Gasteiger partial charge is 0.324 e. The molecule has 0 fully saturated rings. The van der Waals surface area contributed by atoms with E-state index in [1.54, 1.807) is 0 Å². The Morgan fingerprint density at radius 2 is 1.17 bits per heavy atom. The molecule has 0 aromatic carbocycles. The van der Waals surface area contributed by atoms with Gasteiger partial charge >= 0.3 is 11.9 Å². The maximum absolute atomic E-state index is 10.8. The van der Waals surface area contributed by atoms with Gasteiger partial charge in [-0.25, -0.2) is 0 Å². The quantitative estimate of drug-likeness (QED) is 0.364. The van der Waals surface area contributed by atoms with E-state index in [4.69, 9.17) is 10.2 Å². The van der Waals surface area contributed by atoms with Crippen molar-refractivity contribution in [3.8, 4) is 0 Å². The molecule has 0 aromatic rings. The van der Waals surface area contributed by atoms with Crippen molar-refractivity contribution in [3.63, 3.8) is 0 Å². The standard InChI is InChI=1S/C5H6O5S2/c6-1(2(11)4(7)8)3(12)5(9)10/h2-3,11-12H,(H,7,8)(H,9,10). The molecule has 0 rings (SSSR count). The number of carbonyl (C=O) groups is 3. The van der Waals surface area contributed by atoms with Crippen molar-refractivity contribution >= 4 is 43.0 Å². The Labute approximate surface area is 78.6 Å². The van der Waals surface area contributed by atoms with Crippen LogP contribution in [0.2, 0.25) is 0 Å². The SMILES string of the molecule is O=C(O)C(S)C(=O)C(S)C(=O)O. The van der Waals surface area contributed by atoms with E-state index < -0.39 is 28.2 Å². The monoisotopic (exact) mass is 210 g/mol. The summed E-state index contributed by atoms with van der Waals surface area (Å²) >= 11 is 6.78. The first-order valence-electron chi connectivity index (χ1n) is 2.73. The third-order valence-corrected chi connectivity index (χ3v) is 1.96. The highest BCUT2D eigenvalue weighted by atomic mass is 32.1. The second-order valence-corrected chi connectivity index (χ2v) is 2.92. The molecular formula is C5H6O5S2. The summed E-state index contributed by atoms with van der Waals surface area (Å²) in [6, 6.07) is 0. The van der Waals surface area contributed by atoms with Crippen LogP contribution >= 0.6 is 25.3 Å². The Bertz CT molecular complexity index is 204. The van der Waals surface area contributed by atoms with Gasteiger partial charge in [-0.2, -0.15) is 25.3 Å². The molecule has 0 spiro atoms. The Balaban J connectivity index is 4.39. The van der Waals surface area contributed by atoms with Crippen molar-refractivity contribution < 1.29 is 24.6 Å². The third-order valence-electron chi connectivity index (χ3n) is 1.01. The molecule has 0 saturated heterocycles. The van der Waals surface area contributed by atoms with E-state index >= 15 is 0 Å². The minimum Gasteiger partial charge on any atom is -0.480 e. The van der Waals surface area contributed by atoms with Gasteiger partial charge in [-0.1, -0.05) is 0 Å². The van der Waals surface area contributed by atoms with Crippen LogP contribution in [0, 0.1) is 0 Å². The number of carboxylic acids is 2. The van der Waals surface area contributed by atoms with Crippen LogP contribution in [0.25, 0.3) is 0 Å². The normalized spacial score (nSPS) is 14.8. The zero-order chi connectivity index (χ0) is 9.89. The van der Waals surface area contributed by atoms with Crippen molar-refractivity contribution in [1.82, 2.24) is 0 Å². The number of hydrogen-bond donors (Lipinski definition) is 4. The summed E-state index contributed by atoms with van der Waals surface area (Å²) in [4.78, 5) is 31.1. The zero-order valence-electron chi connectivity index (χ0n) is 5.67. The Morgan fingerprint density at radius 3 is 1.33 bits per heavy atom. The second kappa shape index (κ2) is 4.36. The van der Waals surface area contributed by atoms with E-state index in [0.717, 1.165) is 0 Å². The Kier molecular flexibility index (Phi) is 4.11. The molecule has 0 heterocycles. The van der Waals surface area contributed by atoms with E-state index in [9.17, 15) is 14.4 Å². The molecule has 12 heavy (non-hydrogen) atoms. The number of ketones is 1. The maximum atomic E-state index is 10.8. The lowest BCUT2D eigenvalue weighted by molar-refractivity contribution is -0.142. The fourth-order valence-electron chi connectivity index (χ4n) is 0.393. The predicted molar refractivity (Wildman–Crippen MR) is 45.8 cm³/mol. The van der Waals surface area contributed by atoms with Crippen molar-refractivity contribution in [2.24, 2.45) is 0 Å². The van der Waals surface area contributed by atoms with Crippen molar-refractivity contribution in [1.29, 1.82) is 0 Å². The molecule has 0 saturated carbocycles. The van der Waals surface area contributed by atoms with Crippen LogP contribution in [0.5, 0.6) is 0 Å². The first-order chi connectivity index (χ1) is 5.37. The predicted octanol–water partition coefficient (Wildman–Crippen LogP) is -0.679. The first-order valence-corrected chi connectivity index (χ1v) is 3.76. The molecule has 5 nitrogen and oxygen atoms in total. The summed E-state index contributed by atoms with van der Waals surface area (Å²) in [6.45, 7) is 0. The summed E-state index contributed by atoms with van der Waals surface area (Å²) in [6.07, 6.45) is 0. The second-order valence-electron chi connectivity index (χ2n) is 1.88. The number of hydrogen-bond acceptors (Lipinski definition) is 5. The number of thiol groups is 2. The van der Waals surface area contributed by atoms with Gasteiger partial charge in [-0.15, -0.1) is 0 Å². The fraction of sp³-hybridized carbons (Fsp3) is 0.400. The number of Topliss-reactive ketones (excluding diaryl/α,β-unsaturated/α-hetero) is 1. The van der Waals surface area contributed by atoms with Crippen molar-refractivity contribution in [3.05, 3.63) is 0 Å². The average molecular weight is 210 g/mol. The molecule has 0 radical (unpaired) electrons. The molecule has 0 aliphatic heterocycles. The van der Waals surface area contributed by atoms with Gasteiger partial charge in [-0.3, -0.25) is 14.4 Å². The van der Waals surface area contributed by atoms with Gasteiger partial charge in [0.2, 0.25) is 0 Å². The van der Waals surface area contributed by atoms with Gasteiger partial charge in [0, 0.05) is 0 Å². The molecule has 2 N–H and O–H groups in total. The summed E-state index contributed by atoms with van der Waals surface area (Å²) < 4.78 is 0. The largest absolute Gasteiger partial charge is 0.480 e. The summed E-state index contributed by atoms with van der Waals surface area (Å²) in [5.41, 5.74) is 0. The molecule has 68 valence electrons. The summed E-state index contributed by atoms with van der Waals surface area (Å²) in [5.74, 6) is -4.02. The van der Waals surface area contributed by atoms with E-state index in [1.807, 2.05) is 0 Å². The Morgan fingerprint density at radius 1 is 0.917 bits per heavy atom. The fourth-order valence-corrected chi connectivity index (χ4v) is 0.809. The number of carboxylic acid groups (broad SMARTS) is 2. The van der Waals surface area contributed by atoms with Gasteiger partial charge in [-0.05, 0) is 0 Å². The van der Waals surface area contributed by atoms with Crippen LogP contribution in [0.3, 0.4) is 0 Å².